The summed E-state index contributed by atoms with van der Waals surface area (Å²) in [6.45, 7) is 3.65. The summed E-state index contributed by atoms with van der Waals surface area (Å²) in [6, 6.07) is 10.6. The molecule has 0 unspecified atom stereocenters. The molecule has 0 bridgehead atoms. The third-order valence-corrected chi connectivity index (χ3v) is 6.07. The Labute approximate surface area is 142 Å². The van der Waals surface area contributed by atoms with Crippen molar-refractivity contribution in [3.05, 3.63) is 41.4 Å². The van der Waals surface area contributed by atoms with Gasteiger partial charge in [0.1, 0.15) is 0 Å². The molecule has 0 atom stereocenters. The highest BCUT2D eigenvalue weighted by atomic mass is 35.5. The zero-order valence-electron chi connectivity index (χ0n) is 13.0. The van der Waals surface area contributed by atoms with E-state index >= 15 is 0 Å². The van der Waals surface area contributed by atoms with Crippen LogP contribution in [0.2, 0.25) is 5.02 Å². The van der Waals surface area contributed by atoms with Gasteiger partial charge in [0.25, 0.3) is 0 Å². The summed E-state index contributed by atoms with van der Waals surface area (Å²) in [5, 5.41) is 1.88. The monoisotopic (exact) mass is 352 g/mol. The van der Waals surface area contributed by atoms with E-state index in [0.29, 0.717) is 17.0 Å². The first-order valence-electron chi connectivity index (χ1n) is 7.97. The maximum absolute atomic E-state index is 12.6. The second-order valence-corrected chi connectivity index (χ2v) is 8.04. The van der Waals surface area contributed by atoms with Crippen LogP contribution in [0, 0.1) is 0 Å². The van der Waals surface area contributed by atoms with Gasteiger partial charge in [0.2, 0.25) is 10.0 Å². The number of likely N-dealkylation sites (tertiary alicyclic amines) is 1. The molecule has 3 rings (SSSR count). The maximum atomic E-state index is 12.6. The van der Waals surface area contributed by atoms with Gasteiger partial charge in [-0.2, -0.15) is 0 Å². The Morgan fingerprint density at radius 2 is 1.78 bits per heavy atom. The summed E-state index contributed by atoms with van der Waals surface area (Å²) >= 11 is 6.22. The zero-order chi connectivity index (χ0) is 16.3. The lowest BCUT2D eigenvalue weighted by molar-refractivity contribution is 0.334. The van der Waals surface area contributed by atoms with Crippen molar-refractivity contribution < 1.29 is 8.42 Å². The molecule has 0 spiro atoms. The van der Waals surface area contributed by atoms with Crippen molar-refractivity contribution in [3.63, 3.8) is 0 Å². The third kappa shape index (κ3) is 3.86. The van der Waals surface area contributed by atoms with E-state index in [2.05, 4.69) is 9.62 Å². The Bertz CT molecular complexity index is 781. The molecule has 0 aromatic heterocycles. The summed E-state index contributed by atoms with van der Waals surface area (Å²) < 4.78 is 27.9. The molecule has 23 heavy (non-hydrogen) atoms. The number of hydrogen-bond donors (Lipinski definition) is 1. The average molecular weight is 353 g/mol. The summed E-state index contributed by atoms with van der Waals surface area (Å²) in [5.41, 5.74) is 0. The normalized spacial score (nSPS) is 16.2. The summed E-state index contributed by atoms with van der Waals surface area (Å²) in [4.78, 5) is 2.63. The lowest BCUT2D eigenvalue weighted by atomic mass is 10.1. The van der Waals surface area contributed by atoms with E-state index < -0.39 is 10.0 Å². The number of halogens is 1. The molecule has 2 aromatic rings. The Kier molecular flexibility index (Phi) is 5.21. The standard InChI is InChI=1S/C17H21ClN2O2S/c18-15-8-3-6-14-7-4-9-16(17(14)15)23(21,22)19-10-5-13-20-11-1-2-12-20/h3-4,6-9,19H,1-2,5,10-13H2. The Balaban J connectivity index is 1.72. The minimum Gasteiger partial charge on any atom is -0.303 e. The van der Waals surface area contributed by atoms with E-state index in [0.717, 1.165) is 31.4 Å². The summed E-state index contributed by atoms with van der Waals surface area (Å²) in [6.07, 6.45) is 3.32. The van der Waals surface area contributed by atoms with Gasteiger partial charge >= 0.3 is 0 Å². The van der Waals surface area contributed by atoms with Crippen LogP contribution in [0.1, 0.15) is 19.3 Å². The van der Waals surface area contributed by atoms with E-state index in [1.165, 1.54) is 12.8 Å². The predicted octanol–water partition coefficient (Wildman–Crippen LogP) is 3.26. The number of fused-ring (bicyclic) bond motifs is 1. The Hall–Kier alpha value is -1.14. The molecule has 1 aliphatic rings. The largest absolute Gasteiger partial charge is 0.303 e. The van der Waals surface area contributed by atoms with Crippen LogP contribution in [0.15, 0.2) is 41.3 Å². The molecule has 0 amide bonds. The molecule has 0 aliphatic carbocycles. The van der Waals surface area contributed by atoms with Crippen LogP contribution < -0.4 is 4.72 Å². The lowest BCUT2D eigenvalue weighted by Crippen LogP contribution is -2.28. The van der Waals surface area contributed by atoms with E-state index in [1.807, 2.05) is 18.2 Å². The van der Waals surface area contributed by atoms with Crippen molar-refractivity contribution in [2.45, 2.75) is 24.2 Å². The molecule has 1 saturated heterocycles. The fraction of sp³-hybridized carbons (Fsp3) is 0.412. The second kappa shape index (κ2) is 7.18. The van der Waals surface area contributed by atoms with E-state index in [9.17, 15) is 8.42 Å². The van der Waals surface area contributed by atoms with E-state index in [-0.39, 0.29) is 4.90 Å². The van der Waals surface area contributed by atoms with Crippen molar-refractivity contribution in [2.75, 3.05) is 26.2 Å². The molecular weight excluding hydrogens is 332 g/mol. The van der Waals surface area contributed by atoms with Crippen LogP contribution in [-0.4, -0.2) is 39.5 Å². The van der Waals surface area contributed by atoms with Crippen molar-refractivity contribution >= 4 is 32.4 Å². The lowest BCUT2D eigenvalue weighted by Gasteiger charge is -2.15. The quantitative estimate of drug-likeness (QED) is 0.812. The minimum absolute atomic E-state index is 0.252. The van der Waals surface area contributed by atoms with Crippen LogP contribution >= 0.6 is 11.6 Å². The fourth-order valence-electron chi connectivity index (χ4n) is 3.08. The fourth-order valence-corrected chi connectivity index (χ4v) is 4.74. The van der Waals surface area contributed by atoms with Crippen molar-refractivity contribution in [1.29, 1.82) is 0 Å². The van der Waals surface area contributed by atoms with E-state index in [1.54, 1.807) is 18.2 Å². The highest BCUT2D eigenvalue weighted by molar-refractivity contribution is 7.89. The molecule has 1 heterocycles. The first-order chi connectivity index (χ1) is 11.1. The number of hydrogen-bond acceptors (Lipinski definition) is 3. The highest BCUT2D eigenvalue weighted by Crippen LogP contribution is 2.29. The second-order valence-electron chi connectivity index (χ2n) is 5.89. The molecule has 2 aromatic carbocycles. The molecular formula is C17H21ClN2O2S. The molecule has 124 valence electrons. The molecule has 1 fully saturated rings. The summed E-state index contributed by atoms with van der Waals surface area (Å²) in [5.74, 6) is 0. The number of rotatable bonds is 6. The van der Waals surface area contributed by atoms with Crippen molar-refractivity contribution in [2.24, 2.45) is 0 Å². The molecule has 4 nitrogen and oxygen atoms in total. The number of nitrogens with zero attached hydrogens (tertiary/aromatic N) is 1. The molecule has 0 saturated carbocycles. The van der Waals surface area contributed by atoms with Crippen LogP contribution in [-0.2, 0) is 10.0 Å². The SMILES string of the molecule is O=S(=O)(NCCCN1CCCC1)c1cccc2cccc(Cl)c12. The van der Waals surface area contributed by atoms with Gasteiger partial charge in [-0.1, -0.05) is 35.9 Å². The van der Waals surface area contributed by atoms with Gasteiger partial charge in [-0.3, -0.25) is 0 Å². The zero-order valence-corrected chi connectivity index (χ0v) is 14.5. The van der Waals surface area contributed by atoms with E-state index in [4.69, 9.17) is 11.6 Å². The Morgan fingerprint density at radius 3 is 2.52 bits per heavy atom. The Morgan fingerprint density at radius 1 is 1.09 bits per heavy atom. The topological polar surface area (TPSA) is 49.4 Å². The highest BCUT2D eigenvalue weighted by Gasteiger charge is 2.18. The van der Waals surface area contributed by atoms with Crippen molar-refractivity contribution in [1.82, 2.24) is 9.62 Å². The molecule has 1 N–H and O–H groups in total. The van der Waals surface area contributed by atoms with Gasteiger partial charge in [0.15, 0.2) is 0 Å². The van der Waals surface area contributed by atoms with Gasteiger partial charge in [0, 0.05) is 17.0 Å². The maximum Gasteiger partial charge on any atom is 0.241 e. The van der Waals surface area contributed by atoms with Gasteiger partial charge in [-0.05, 0) is 56.4 Å². The van der Waals surface area contributed by atoms with Crippen LogP contribution in [0.25, 0.3) is 10.8 Å². The minimum atomic E-state index is -3.56. The average Bonchev–Trinajstić information content (AvgIpc) is 3.05. The van der Waals surface area contributed by atoms with Crippen LogP contribution in [0.5, 0.6) is 0 Å². The molecule has 0 radical (unpaired) electrons. The number of nitrogens with one attached hydrogen (secondary N) is 1. The third-order valence-electron chi connectivity index (χ3n) is 4.25. The smallest absolute Gasteiger partial charge is 0.241 e. The van der Waals surface area contributed by atoms with Crippen molar-refractivity contribution in [3.8, 4) is 0 Å². The first-order valence-corrected chi connectivity index (χ1v) is 9.83. The first kappa shape index (κ1) is 16.7. The van der Waals surface area contributed by atoms with Crippen LogP contribution in [0.3, 0.4) is 0 Å². The molecule has 1 aliphatic heterocycles. The summed E-state index contributed by atoms with van der Waals surface area (Å²) in [7, 11) is -3.56. The van der Waals surface area contributed by atoms with Crippen LogP contribution in [0.4, 0.5) is 0 Å². The number of benzene rings is 2. The number of sulfonamides is 1. The van der Waals surface area contributed by atoms with Gasteiger partial charge in [-0.15, -0.1) is 0 Å². The van der Waals surface area contributed by atoms with Gasteiger partial charge in [0.05, 0.1) is 4.90 Å². The predicted molar refractivity (Wildman–Crippen MR) is 94.4 cm³/mol. The van der Waals surface area contributed by atoms with Gasteiger partial charge in [-0.25, -0.2) is 13.1 Å². The molecule has 6 heteroatoms. The van der Waals surface area contributed by atoms with Gasteiger partial charge < -0.3 is 4.90 Å².